The van der Waals surface area contributed by atoms with E-state index in [4.69, 9.17) is 15.4 Å². The van der Waals surface area contributed by atoms with Crippen LogP contribution in [-0.4, -0.2) is 26.9 Å². The standard InChI is InChI=1S/C8H15ClO3S/c1-8(12-2,5-7-3-4-7)6-13(9,10)11/h7H,3-6H2,1-2H3. The molecule has 1 saturated carbocycles. The van der Waals surface area contributed by atoms with Crippen LogP contribution in [-0.2, 0) is 13.8 Å². The molecule has 1 atom stereocenters. The second-order valence-corrected chi connectivity index (χ2v) is 6.76. The van der Waals surface area contributed by atoms with Crippen molar-refractivity contribution in [2.24, 2.45) is 5.92 Å². The minimum atomic E-state index is -3.46. The summed E-state index contributed by atoms with van der Waals surface area (Å²) in [4.78, 5) is 0. The molecule has 1 rings (SSSR count). The van der Waals surface area contributed by atoms with Gasteiger partial charge in [-0.05, 0) is 19.3 Å². The molecule has 1 aliphatic rings. The van der Waals surface area contributed by atoms with Gasteiger partial charge in [-0.2, -0.15) is 0 Å². The van der Waals surface area contributed by atoms with E-state index >= 15 is 0 Å². The molecule has 78 valence electrons. The Morgan fingerprint density at radius 1 is 1.54 bits per heavy atom. The van der Waals surface area contributed by atoms with E-state index in [1.54, 1.807) is 6.92 Å². The van der Waals surface area contributed by atoms with Crippen LogP contribution in [0.5, 0.6) is 0 Å². The van der Waals surface area contributed by atoms with Crippen LogP contribution in [0, 0.1) is 5.92 Å². The number of hydrogen-bond donors (Lipinski definition) is 0. The molecule has 0 radical (unpaired) electrons. The maximum atomic E-state index is 10.9. The van der Waals surface area contributed by atoms with Gasteiger partial charge in [0.05, 0.1) is 11.4 Å². The van der Waals surface area contributed by atoms with Crippen LogP contribution >= 0.6 is 10.7 Å². The highest BCUT2D eigenvalue weighted by Gasteiger charge is 2.36. The fourth-order valence-electron chi connectivity index (χ4n) is 1.50. The summed E-state index contributed by atoms with van der Waals surface area (Å²) in [6.07, 6.45) is 3.15. The highest BCUT2D eigenvalue weighted by molar-refractivity contribution is 8.13. The Bertz CT molecular complexity index is 271. The van der Waals surface area contributed by atoms with Gasteiger partial charge in [-0.3, -0.25) is 0 Å². The molecule has 0 aromatic rings. The first-order valence-electron chi connectivity index (χ1n) is 4.32. The predicted molar refractivity (Wildman–Crippen MR) is 52.4 cm³/mol. The molecular formula is C8H15ClO3S. The van der Waals surface area contributed by atoms with Gasteiger partial charge in [-0.15, -0.1) is 0 Å². The Morgan fingerprint density at radius 3 is 2.38 bits per heavy atom. The molecule has 0 aromatic heterocycles. The Balaban J connectivity index is 2.56. The van der Waals surface area contributed by atoms with Gasteiger partial charge in [0.15, 0.2) is 0 Å². The van der Waals surface area contributed by atoms with Crippen LogP contribution in [0.15, 0.2) is 0 Å². The fourth-order valence-corrected chi connectivity index (χ4v) is 3.16. The third-order valence-corrected chi connectivity index (χ3v) is 3.67. The van der Waals surface area contributed by atoms with Crippen molar-refractivity contribution in [1.29, 1.82) is 0 Å². The molecule has 0 spiro atoms. The van der Waals surface area contributed by atoms with E-state index in [2.05, 4.69) is 0 Å². The van der Waals surface area contributed by atoms with Crippen molar-refractivity contribution in [3.8, 4) is 0 Å². The molecule has 0 heterocycles. The van der Waals surface area contributed by atoms with Crippen LogP contribution in [0.1, 0.15) is 26.2 Å². The van der Waals surface area contributed by atoms with E-state index in [0.29, 0.717) is 5.92 Å². The Labute approximate surface area is 83.8 Å². The average Bonchev–Trinajstić information content (AvgIpc) is 2.67. The summed E-state index contributed by atoms with van der Waals surface area (Å²) in [5.41, 5.74) is -0.609. The highest BCUT2D eigenvalue weighted by Crippen LogP contribution is 2.38. The molecule has 0 aliphatic heterocycles. The minimum absolute atomic E-state index is 0.103. The highest BCUT2D eigenvalue weighted by atomic mass is 35.7. The zero-order chi connectivity index (χ0) is 10.1. The lowest BCUT2D eigenvalue weighted by molar-refractivity contribution is 0.0141. The molecule has 0 amide bonds. The molecule has 0 saturated heterocycles. The Hall–Kier alpha value is 0.200. The molecule has 0 N–H and O–H groups in total. The second-order valence-electron chi connectivity index (χ2n) is 3.98. The van der Waals surface area contributed by atoms with Crippen molar-refractivity contribution in [2.45, 2.75) is 31.8 Å². The maximum absolute atomic E-state index is 10.9. The van der Waals surface area contributed by atoms with Crippen LogP contribution in [0.4, 0.5) is 0 Å². The lowest BCUT2D eigenvalue weighted by Crippen LogP contribution is -2.35. The van der Waals surface area contributed by atoms with Crippen molar-refractivity contribution in [3.63, 3.8) is 0 Å². The van der Waals surface area contributed by atoms with E-state index in [1.807, 2.05) is 0 Å². The molecular weight excluding hydrogens is 212 g/mol. The first-order valence-corrected chi connectivity index (χ1v) is 6.80. The summed E-state index contributed by atoms with van der Waals surface area (Å²) in [5.74, 6) is 0.525. The van der Waals surface area contributed by atoms with Gasteiger partial charge < -0.3 is 4.74 Å². The monoisotopic (exact) mass is 226 g/mol. The number of rotatable bonds is 5. The van der Waals surface area contributed by atoms with Crippen LogP contribution in [0.25, 0.3) is 0 Å². The molecule has 3 nitrogen and oxygen atoms in total. The first kappa shape index (κ1) is 11.3. The zero-order valence-corrected chi connectivity index (χ0v) is 9.49. The van der Waals surface area contributed by atoms with Gasteiger partial charge in [0.1, 0.15) is 0 Å². The molecule has 1 unspecified atom stereocenters. The van der Waals surface area contributed by atoms with Crippen LogP contribution in [0.2, 0.25) is 0 Å². The van der Waals surface area contributed by atoms with E-state index in [9.17, 15) is 8.42 Å². The molecule has 1 aliphatic carbocycles. The number of hydrogen-bond acceptors (Lipinski definition) is 3. The zero-order valence-electron chi connectivity index (χ0n) is 7.92. The van der Waals surface area contributed by atoms with Gasteiger partial charge >= 0.3 is 0 Å². The summed E-state index contributed by atoms with van der Waals surface area (Å²) in [5, 5.41) is 0. The van der Waals surface area contributed by atoms with E-state index in [-0.39, 0.29) is 5.75 Å². The topological polar surface area (TPSA) is 43.4 Å². The normalized spacial score (nSPS) is 22.7. The van der Waals surface area contributed by atoms with Gasteiger partial charge in [0, 0.05) is 17.8 Å². The van der Waals surface area contributed by atoms with Gasteiger partial charge in [-0.1, -0.05) is 12.8 Å². The third kappa shape index (κ3) is 4.29. The number of ether oxygens (including phenoxy) is 1. The smallest absolute Gasteiger partial charge is 0.235 e. The van der Waals surface area contributed by atoms with E-state index in [1.165, 1.54) is 20.0 Å². The molecule has 1 fully saturated rings. The van der Waals surface area contributed by atoms with Crippen LogP contribution < -0.4 is 0 Å². The van der Waals surface area contributed by atoms with Crippen molar-refractivity contribution < 1.29 is 13.2 Å². The largest absolute Gasteiger partial charge is 0.377 e. The minimum Gasteiger partial charge on any atom is -0.377 e. The fraction of sp³-hybridized carbons (Fsp3) is 1.00. The maximum Gasteiger partial charge on any atom is 0.235 e. The van der Waals surface area contributed by atoms with Gasteiger partial charge in [-0.25, -0.2) is 8.42 Å². The molecule has 0 aromatic carbocycles. The molecule has 5 heteroatoms. The van der Waals surface area contributed by atoms with Crippen molar-refractivity contribution in [2.75, 3.05) is 12.9 Å². The molecule has 0 bridgehead atoms. The summed E-state index contributed by atoms with van der Waals surface area (Å²) in [6.45, 7) is 1.80. The molecule has 13 heavy (non-hydrogen) atoms. The SMILES string of the molecule is COC(C)(CC1CC1)CS(=O)(=O)Cl. The van der Waals surface area contributed by atoms with Crippen molar-refractivity contribution in [3.05, 3.63) is 0 Å². The number of halogens is 1. The number of methoxy groups -OCH3 is 1. The Kier molecular flexibility index (Phi) is 3.25. The third-order valence-electron chi connectivity index (χ3n) is 2.39. The summed E-state index contributed by atoms with van der Waals surface area (Å²) < 4.78 is 27.0. The lowest BCUT2D eigenvalue weighted by atomic mass is 10.0. The average molecular weight is 227 g/mol. The lowest BCUT2D eigenvalue weighted by Gasteiger charge is -2.26. The van der Waals surface area contributed by atoms with Crippen molar-refractivity contribution >= 4 is 19.7 Å². The summed E-state index contributed by atoms with van der Waals surface area (Å²) in [6, 6.07) is 0. The Morgan fingerprint density at radius 2 is 2.08 bits per heavy atom. The van der Waals surface area contributed by atoms with Crippen molar-refractivity contribution in [1.82, 2.24) is 0 Å². The quantitative estimate of drug-likeness (QED) is 0.671. The van der Waals surface area contributed by atoms with Gasteiger partial charge in [0.25, 0.3) is 0 Å². The summed E-state index contributed by atoms with van der Waals surface area (Å²) >= 11 is 0. The first-order chi connectivity index (χ1) is 5.85. The summed E-state index contributed by atoms with van der Waals surface area (Å²) in [7, 11) is 3.26. The van der Waals surface area contributed by atoms with Gasteiger partial charge in [0.2, 0.25) is 9.05 Å². The second kappa shape index (κ2) is 3.75. The van der Waals surface area contributed by atoms with E-state index < -0.39 is 14.7 Å². The van der Waals surface area contributed by atoms with Crippen LogP contribution in [0.3, 0.4) is 0 Å². The predicted octanol–water partition coefficient (Wildman–Crippen LogP) is 1.76. The van der Waals surface area contributed by atoms with E-state index in [0.717, 1.165) is 6.42 Å².